The minimum Gasteiger partial charge on any atom is -0.494 e. The fourth-order valence-corrected chi connectivity index (χ4v) is 2.18. The van der Waals surface area contributed by atoms with Crippen LogP contribution in [-0.2, 0) is 4.74 Å². The Kier molecular flexibility index (Phi) is 5.38. The molecule has 5 nitrogen and oxygen atoms in total. The fraction of sp³-hybridized carbons (Fsp3) is 0.533. The fourth-order valence-electron chi connectivity index (χ4n) is 2.18. The Bertz CT molecular complexity index is 449. The Hall–Kier alpha value is -1.59. The third-order valence-corrected chi connectivity index (χ3v) is 3.25. The molecule has 0 aliphatic carbocycles. The van der Waals surface area contributed by atoms with Crippen LogP contribution >= 0.6 is 0 Å². The summed E-state index contributed by atoms with van der Waals surface area (Å²) in [6.07, 6.45) is 0.925. The quantitative estimate of drug-likeness (QED) is 0.883. The van der Waals surface area contributed by atoms with Crippen molar-refractivity contribution in [2.75, 3.05) is 33.0 Å². The summed E-state index contributed by atoms with van der Waals surface area (Å²) in [5.74, 6) is 0.612. The van der Waals surface area contributed by atoms with E-state index in [1.54, 1.807) is 17.0 Å². The zero-order chi connectivity index (χ0) is 14.4. The number of carbonyl (C=O) groups is 1. The second kappa shape index (κ2) is 7.26. The van der Waals surface area contributed by atoms with Crippen molar-refractivity contribution in [2.24, 2.45) is 0 Å². The molecular weight excluding hydrogens is 258 g/mol. The summed E-state index contributed by atoms with van der Waals surface area (Å²) in [5.41, 5.74) is 0.582. The minimum atomic E-state index is -0.267. The van der Waals surface area contributed by atoms with Crippen LogP contribution in [0.3, 0.4) is 0 Å². The molecule has 1 aromatic carbocycles. The van der Waals surface area contributed by atoms with Gasteiger partial charge in [-0.05, 0) is 24.6 Å². The standard InChI is InChI=1S/C15H21NO4/c1-2-7-20-14-5-3-4-12(9-14)15(18)16-6-8-19-11-13(16)10-17/h3-5,9,13,17H,2,6-8,10-11H2,1H3. The van der Waals surface area contributed by atoms with Crippen LogP contribution in [0.25, 0.3) is 0 Å². The first kappa shape index (κ1) is 14.8. The number of hydrogen-bond donors (Lipinski definition) is 1. The number of ether oxygens (including phenoxy) is 2. The lowest BCUT2D eigenvalue weighted by Gasteiger charge is -2.34. The third kappa shape index (κ3) is 3.49. The van der Waals surface area contributed by atoms with Gasteiger partial charge in [-0.25, -0.2) is 0 Å². The predicted octanol–water partition coefficient (Wildman–Crippen LogP) is 1.31. The Morgan fingerprint density at radius 1 is 1.55 bits per heavy atom. The molecule has 0 bridgehead atoms. The molecule has 1 aliphatic heterocycles. The third-order valence-electron chi connectivity index (χ3n) is 3.25. The Labute approximate surface area is 119 Å². The molecule has 0 spiro atoms. The van der Waals surface area contributed by atoms with Gasteiger partial charge in [0, 0.05) is 12.1 Å². The van der Waals surface area contributed by atoms with Crippen LogP contribution in [0.1, 0.15) is 23.7 Å². The summed E-state index contributed by atoms with van der Waals surface area (Å²) in [7, 11) is 0. The molecule has 0 saturated carbocycles. The topological polar surface area (TPSA) is 59.0 Å². The molecule has 1 unspecified atom stereocenters. The number of amides is 1. The van der Waals surface area contributed by atoms with E-state index in [0.717, 1.165) is 6.42 Å². The molecule has 20 heavy (non-hydrogen) atoms. The first-order valence-electron chi connectivity index (χ1n) is 6.98. The highest BCUT2D eigenvalue weighted by Crippen LogP contribution is 2.17. The largest absolute Gasteiger partial charge is 0.494 e. The van der Waals surface area contributed by atoms with Crippen LogP contribution in [0.15, 0.2) is 24.3 Å². The van der Waals surface area contributed by atoms with Gasteiger partial charge >= 0.3 is 0 Å². The molecule has 1 amide bonds. The molecule has 1 saturated heterocycles. The van der Waals surface area contributed by atoms with Crippen LogP contribution in [0.2, 0.25) is 0 Å². The normalized spacial score (nSPS) is 18.9. The van der Waals surface area contributed by atoms with E-state index in [4.69, 9.17) is 9.47 Å². The number of morpholine rings is 1. The van der Waals surface area contributed by atoms with E-state index >= 15 is 0 Å². The summed E-state index contributed by atoms with van der Waals surface area (Å²) >= 11 is 0. The number of nitrogens with zero attached hydrogens (tertiary/aromatic N) is 1. The lowest BCUT2D eigenvalue weighted by molar-refractivity contribution is -0.0184. The van der Waals surface area contributed by atoms with E-state index < -0.39 is 0 Å². The van der Waals surface area contributed by atoms with E-state index in [1.807, 2.05) is 19.1 Å². The van der Waals surface area contributed by atoms with Crippen molar-refractivity contribution in [2.45, 2.75) is 19.4 Å². The van der Waals surface area contributed by atoms with Crippen molar-refractivity contribution < 1.29 is 19.4 Å². The molecule has 1 N–H and O–H groups in total. The zero-order valence-electron chi connectivity index (χ0n) is 11.7. The van der Waals surface area contributed by atoms with Gasteiger partial charge in [-0.2, -0.15) is 0 Å². The van der Waals surface area contributed by atoms with Crippen molar-refractivity contribution in [3.05, 3.63) is 29.8 Å². The van der Waals surface area contributed by atoms with Gasteiger partial charge in [-0.3, -0.25) is 4.79 Å². The Balaban J connectivity index is 2.11. The smallest absolute Gasteiger partial charge is 0.254 e. The lowest BCUT2D eigenvalue weighted by atomic mass is 10.1. The van der Waals surface area contributed by atoms with E-state index in [0.29, 0.717) is 37.7 Å². The first-order valence-corrected chi connectivity index (χ1v) is 6.98. The van der Waals surface area contributed by atoms with E-state index in [9.17, 15) is 9.90 Å². The van der Waals surface area contributed by atoms with Crippen molar-refractivity contribution in [3.63, 3.8) is 0 Å². The van der Waals surface area contributed by atoms with Gasteiger partial charge in [0.1, 0.15) is 5.75 Å². The lowest BCUT2D eigenvalue weighted by Crippen LogP contribution is -2.50. The maximum absolute atomic E-state index is 12.5. The Morgan fingerprint density at radius 2 is 2.40 bits per heavy atom. The summed E-state index contributed by atoms with van der Waals surface area (Å²) < 4.78 is 10.8. The average Bonchev–Trinajstić information content (AvgIpc) is 2.52. The molecule has 1 fully saturated rings. The summed E-state index contributed by atoms with van der Waals surface area (Å²) in [5, 5.41) is 9.33. The van der Waals surface area contributed by atoms with Crippen LogP contribution in [-0.4, -0.2) is 54.9 Å². The van der Waals surface area contributed by atoms with Crippen molar-refractivity contribution in [1.29, 1.82) is 0 Å². The second-order valence-electron chi connectivity index (χ2n) is 4.79. The first-order chi connectivity index (χ1) is 9.76. The van der Waals surface area contributed by atoms with Gasteiger partial charge in [-0.1, -0.05) is 13.0 Å². The number of hydrogen-bond acceptors (Lipinski definition) is 4. The average molecular weight is 279 g/mol. The van der Waals surface area contributed by atoms with Crippen molar-refractivity contribution >= 4 is 5.91 Å². The molecule has 1 aromatic rings. The van der Waals surface area contributed by atoms with Gasteiger partial charge in [0.05, 0.1) is 32.5 Å². The van der Waals surface area contributed by atoms with Crippen LogP contribution in [0, 0.1) is 0 Å². The molecule has 1 heterocycles. The van der Waals surface area contributed by atoms with Gasteiger partial charge in [0.15, 0.2) is 0 Å². The van der Waals surface area contributed by atoms with Crippen LogP contribution in [0.4, 0.5) is 0 Å². The Morgan fingerprint density at radius 3 is 3.15 bits per heavy atom. The highest BCUT2D eigenvalue weighted by molar-refractivity contribution is 5.94. The molecule has 110 valence electrons. The zero-order valence-corrected chi connectivity index (χ0v) is 11.7. The maximum Gasteiger partial charge on any atom is 0.254 e. The highest BCUT2D eigenvalue weighted by atomic mass is 16.5. The molecule has 1 aliphatic rings. The second-order valence-corrected chi connectivity index (χ2v) is 4.79. The molecule has 0 radical (unpaired) electrons. The molecular formula is C15H21NO4. The molecule has 0 aromatic heterocycles. The SMILES string of the molecule is CCCOc1cccc(C(=O)N2CCOCC2CO)c1. The highest BCUT2D eigenvalue weighted by Gasteiger charge is 2.27. The van der Waals surface area contributed by atoms with Gasteiger partial charge in [-0.15, -0.1) is 0 Å². The number of aliphatic hydroxyl groups is 1. The van der Waals surface area contributed by atoms with E-state index in [2.05, 4.69) is 0 Å². The van der Waals surface area contributed by atoms with Gasteiger partial charge in [0.25, 0.3) is 5.91 Å². The summed E-state index contributed by atoms with van der Waals surface area (Å²) in [4.78, 5) is 14.2. The monoisotopic (exact) mass is 279 g/mol. The predicted molar refractivity (Wildman–Crippen MR) is 75.0 cm³/mol. The van der Waals surface area contributed by atoms with Gasteiger partial charge in [0.2, 0.25) is 0 Å². The molecule has 2 rings (SSSR count). The molecule has 1 atom stereocenters. The van der Waals surface area contributed by atoms with Gasteiger partial charge < -0.3 is 19.5 Å². The van der Waals surface area contributed by atoms with Crippen molar-refractivity contribution in [1.82, 2.24) is 4.90 Å². The number of rotatable bonds is 5. The van der Waals surface area contributed by atoms with Crippen molar-refractivity contribution in [3.8, 4) is 5.75 Å². The van der Waals surface area contributed by atoms with E-state index in [-0.39, 0.29) is 18.6 Å². The number of benzene rings is 1. The maximum atomic E-state index is 12.5. The van der Waals surface area contributed by atoms with Crippen LogP contribution < -0.4 is 4.74 Å². The number of aliphatic hydroxyl groups excluding tert-OH is 1. The minimum absolute atomic E-state index is 0.0856. The summed E-state index contributed by atoms with van der Waals surface area (Å²) in [6, 6.07) is 6.91. The summed E-state index contributed by atoms with van der Waals surface area (Å²) in [6.45, 7) is 3.98. The number of carbonyl (C=O) groups excluding carboxylic acids is 1. The van der Waals surface area contributed by atoms with Crippen LogP contribution in [0.5, 0.6) is 5.75 Å². The van der Waals surface area contributed by atoms with E-state index in [1.165, 1.54) is 0 Å². The molecule has 5 heteroatoms.